The van der Waals surface area contributed by atoms with Crippen LogP contribution in [0.15, 0.2) is 30.3 Å². The van der Waals surface area contributed by atoms with Crippen molar-refractivity contribution < 1.29 is 4.79 Å². The number of hydrogen-bond donors (Lipinski definition) is 0. The third-order valence-electron chi connectivity index (χ3n) is 2.62. The van der Waals surface area contributed by atoms with Crippen molar-refractivity contribution in [1.82, 2.24) is 0 Å². The summed E-state index contributed by atoms with van der Waals surface area (Å²) >= 11 is 5.61. The summed E-state index contributed by atoms with van der Waals surface area (Å²) in [5.41, 5.74) is 1.02. The molecule has 0 aromatic heterocycles. The van der Waals surface area contributed by atoms with Gasteiger partial charge in [0.15, 0.2) is 0 Å². The highest BCUT2D eigenvalue weighted by Gasteiger charge is 2.23. The van der Waals surface area contributed by atoms with Crippen LogP contribution in [-0.4, -0.2) is 5.24 Å². The van der Waals surface area contributed by atoms with Crippen molar-refractivity contribution in [3.63, 3.8) is 0 Å². The Balaban J connectivity index is 2.95. The van der Waals surface area contributed by atoms with E-state index in [4.69, 9.17) is 11.6 Å². The van der Waals surface area contributed by atoms with Crippen LogP contribution < -0.4 is 0 Å². The average Bonchev–Trinajstić information content (AvgIpc) is 2.19. The molecule has 0 saturated heterocycles. The molecule has 1 nitrogen and oxygen atoms in total. The summed E-state index contributed by atoms with van der Waals surface area (Å²) in [5, 5.41) is -0.259. The van der Waals surface area contributed by atoms with Gasteiger partial charge >= 0.3 is 0 Å². The Morgan fingerprint density at radius 3 is 2.36 bits per heavy atom. The van der Waals surface area contributed by atoms with Gasteiger partial charge < -0.3 is 0 Å². The molecular weight excluding hydrogens is 196 g/mol. The summed E-state index contributed by atoms with van der Waals surface area (Å²) in [5.74, 6) is 0.130. The van der Waals surface area contributed by atoms with E-state index in [-0.39, 0.29) is 11.2 Å². The van der Waals surface area contributed by atoms with Gasteiger partial charge in [-0.3, -0.25) is 4.79 Å². The van der Waals surface area contributed by atoms with Crippen LogP contribution in [0, 0.1) is 5.92 Å². The summed E-state index contributed by atoms with van der Waals surface area (Å²) in [6, 6.07) is 9.72. The lowest BCUT2D eigenvalue weighted by Gasteiger charge is -2.19. The Labute approximate surface area is 90.1 Å². The third-order valence-corrected chi connectivity index (χ3v) is 2.85. The standard InChI is InChI=1S/C12H15ClO/c1-3-9(2)11(12(13)14)10-7-5-4-6-8-10/h4-9,11H,3H2,1-2H3/t9-,11+/m1/s1. The lowest BCUT2D eigenvalue weighted by Crippen LogP contribution is -2.15. The SMILES string of the molecule is CC[C@@H](C)[C@H](C(=O)Cl)c1ccccc1. The summed E-state index contributed by atoms with van der Waals surface area (Å²) in [4.78, 5) is 11.3. The van der Waals surface area contributed by atoms with Gasteiger partial charge in [0.05, 0.1) is 5.92 Å². The minimum Gasteiger partial charge on any atom is -0.281 e. The molecular formula is C12H15ClO. The second kappa shape index (κ2) is 5.16. The topological polar surface area (TPSA) is 17.1 Å². The van der Waals surface area contributed by atoms with Crippen LogP contribution in [0.2, 0.25) is 0 Å². The lowest BCUT2D eigenvalue weighted by molar-refractivity contribution is -0.114. The molecule has 0 amide bonds. The number of halogens is 1. The maximum absolute atomic E-state index is 11.3. The van der Waals surface area contributed by atoms with E-state index in [9.17, 15) is 4.79 Å². The number of rotatable bonds is 4. The van der Waals surface area contributed by atoms with Crippen LogP contribution in [0.1, 0.15) is 31.7 Å². The van der Waals surface area contributed by atoms with Crippen molar-refractivity contribution >= 4 is 16.8 Å². The van der Waals surface area contributed by atoms with Gasteiger partial charge in [-0.15, -0.1) is 0 Å². The van der Waals surface area contributed by atoms with Gasteiger partial charge in [0.2, 0.25) is 5.24 Å². The first-order valence-electron chi connectivity index (χ1n) is 4.91. The van der Waals surface area contributed by atoms with Crippen LogP contribution in [0.5, 0.6) is 0 Å². The average molecular weight is 211 g/mol. The largest absolute Gasteiger partial charge is 0.281 e. The van der Waals surface area contributed by atoms with E-state index in [2.05, 4.69) is 13.8 Å². The van der Waals surface area contributed by atoms with Gasteiger partial charge in [-0.05, 0) is 23.1 Å². The van der Waals surface area contributed by atoms with Crippen molar-refractivity contribution in [2.45, 2.75) is 26.2 Å². The molecule has 0 saturated carbocycles. The first-order chi connectivity index (χ1) is 6.66. The maximum atomic E-state index is 11.3. The highest BCUT2D eigenvalue weighted by atomic mass is 35.5. The molecule has 1 aromatic rings. The Kier molecular flexibility index (Phi) is 4.15. The predicted octanol–water partition coefficient (Wildman–Crippen LogP) is 3.58. The Hall–Kier alpha value is -0.820. The van der Waals surface area contributed by atoms with Gasteiger partial charge in [0.25, 0.3) is 0 Å². The molecule has 2 heteroatoms. The molecule has 14 heavy (non-hydrogen) atoms. The zero-order valence-corrected chi connectivity index (χ0v) is 9.29. The van der Waals surface area contributed by atoms with Gasteiger partial charge in [0, 0.05) is 0 Å². The molecule has 76 valence electrons. The zero-order valence-electron chi connectivity index (χ0n) is 8.53. The summed E-state index contributed by atoms with van der Waals surface area (Å²) in [7, 11) is 0. The second-order valence-electron chi connectivity index (χ2n) is 3.58. The van der Waals surface area contributed by atoms with Crippen molar-refractivity contribution in [3.05, 3.63) is 35.9 Å². The smallest absolute Gasteiger partial charge is 0.229 e. The van der Waals surface area contributed by atoms with Gasteiger partial charge in [-0.2, -0.15) is 0 Å². The van der Waals surface area contributed by atoms with Gasteiger partial charge in [-0.1, -0.05) is 50.6 Å². The van der Waals surface area contributed by atoms with Crippen LogP contribution in [0.3, 0.4) is 0 Å². The van der Waals surface area contributed by atoms with E-state index in [0.29, 0.717) is 5.92 Å². The molecule has 0 radical (unpaired) electrons. The van der Waals surface area contributed by atoms with Crippen molar-refractivity contribution in [2.24, 2.45) is 5.92 Å². The van der Waals surface area contributed by atoms with Gasteiger partial charge in [-0.25, -0.2) is 0 Å². The monoisotopic (exact) mass is 210 g/mol. The van der Waals surface area contributed by atoms with Crippen molar-refractivity contribution in [1.29, 1.82) is 0 Å². The minimum absolute atomic E-state index is 0.164. The van der Waals surface area contributed by atoms with E-state index in [1.165, 1.54) is 0 Å². The first-order valence-corrected chi connectivity index (χ1v) is 5.29. The second-order valence-corrected chi connectivity index (χ2v) is 3.95. The minimum atomic E-state index is -0.259. The lowest BCUT2D eigenvalue weighted by atomic mass is 9.87. The highest BCUT2D eigenvalue weighted by Crippen LogP contribution is 2.28. The Bertz CT molecular complexity index is 294. The molecule has 0 aliphatic heterocycles. The van der Waals surface area contributed by atoms with E-state index in [1.54, 1.807) is 0 Å². The number of hydrogen-bond acceptors (Lipinski definition) is 1. The summed E-state index contributed by atoms with van der Waals surface area (Å²) < 4.78 is 0. The molecule has 0 aliphatic rings. The van der Waals surface area contributed by atoms with Crippen molar-refractivity contribution in [3.8, 4) is 0 Å². The highest BCUT2D eigenvalue weighted by molar-refractivity contribution is 6.64. The fourth-order valence-electron chi connectivity index (χ4n) is 1.58. The first kappa shape index (κ1) is 11.3. The molecule has 1 rings (SSSR count). The van der Waals surface area contributed by atoms with Crippen LogP contribution >= 0.6 is 11.6 Å². The Morgan fingerprint density at radius 2 is 1.93 bits per heavy atom. The Morgan fingerprint density at radius 1 is 1.36 bits per heavy atom. The molecule has 0 unspecified atom stereocenters. The number of carbonyl (C=O) groups excluding carboxylic acids is 1. The van der Waals surface area contributed by atoms with Crippen LogP contribution in [0.25, 0.3) is 0 Å². The molecule has 0 fully saturated rings. The molecule has 2 atom stereocenters. The van der Waals surface area contributed by atoms with Crippen LogP contribution in [0.4, 0.5) is 0 Å². The van der Waals surface area contributed by atoms with E-state index in [0.717, 1.165) is 12.0 Å². The quantitative estimate of drug-likeness (QED) is 0.695. The van der Waals surface area contributed by atoms with Crippen LogP contribution in [-0.2, 0) is 4.79 Å². The van der Waals surface area contributed by atoms with E-state index in [1.807, 2.05) is 30.3 Å². The maximum Gasteiger partial charge on any atom is 0.229 e. The number of benzene rings is 1. The third kappa shape index (κ3) is 2.58. The fraction of sp³-hybridized carbons (Fsp3) is 0.417. The summed E-state index contributed by atoms with van der Waals surface area (Å²) in [6.07, 6.45) is 0.956. The number of carbonyl (C=O) groups is 1. The molecule has 0 heterocycles. The molecule has 0 N–H and O–H groups in total. The van der Waals surface area contributed by atoms with Crippen molar-refractivity contribution in [2.75, 3.05) is 0 Å². The molecule has 1 aromatic carbocycles. The predicted molar refractivity (Wildman–Crippen MR) is 59.5 cm³/mol. The summed E-state index contributed by atoms with van der Waals surface area (Å²) in [6.45, 7) is 4.12. The van der Waals surface area contributed by atoms with E-state index < -0.39 is 0 Å². The molecule has 0 spiro atoms. The molecule has 0 bridgehead atoms. The normalized spacial score (nSPS) is 14.8. The zero-order chi connectivity index (χ0) is 10.6. The molecule has 0 aliphatic carbocycles. The van der Waals surface area contributed by atoms with Gasteiger partial charge in [0.1, 0.15) is 0 Å². The van der Waals surface area contributed by atoms with E-state index >= 15 is 0 Å². The fourth-order valence-corrected chi connectivity index (χ4v) is 1.92.